The summed E-state index contributed by atoms with van der Waals surface area (Å²) in [5.74, 6) is -4.47. The molecular formula is C31H33ClFNO10S. The van der Waals surface area contributed by atoms with Crippen LogP contribution in [0, 0.1) is 17.7 Å². The molecule has 0 saturated carbocycles. The number of rotatable bonds is 15. The Morgan fingerprint density at radius 2 is 1.53 bits per heavy atom. The molecule has 0 fully saturated rings. The van der Waals surface area contributed by atoms with E-state index in [2.05, 4.69) is 0 Å². The average molecular weight is 666 g/mol. The number of benzene rings is 2. The highest BCUT2D eigenvalue weighted by molar-refractivity contribution is 7.20. The minimum atomic E-state index is -1.09. The Kier molecular flexibility index (Phi) is 10.8. The molecule has 1 aromatic heterocycles. The molecule has 11 nitrogen and oxygen atoms in total. The molecule has 4 rings (SSSR count). The Morgan fingerprint density at radius 1 is 0.933 bits per heavy atom. The molecule has 1 amide bonds. The third-order valence-corrected chi connectivity index (χ3v) is 9.00. The number of amides is 1. The van der Waals surface area contributed by atoms with Crippen molar-refractivity contribution in [1.29, 1.82) is 0 Å². The van der Waals surface area contributed by atoms with Crippen LogP contribution in [0.5, 0.6) is 23.0 Å². The molecule has 2 N–H and O–H groups in total. The van der Waals surface area contributed by atoms with Crippen LogP contribution < -0.4 is 18.9 Å². The van der Waals surface area contributed by atoms with Crippen molar-refractivity contribution in [2.45, 2.75) is 46.2 Å². The number of carbonyl (C=O) groups excluding carboxylic acids is 2. The lowest BCUT2D eigenvalue weighted by atomic mass is 10.0. The number of Topliss-reactive ketones (excluding diaryl/α,β-unsaturated/α-hetero) is 1. The molecule has 14 heteroatoms. The standard InChI is InChI=1S/C31H33ClFNO10S/c1-15(30(37)38)8-20(35)23-12-17-10-22(28(42-4)26(33)29(17)45-23)44-7-5-6-43-21-11-18-13-34(24(36)9-16(2)31(39)40)14-19(18)25(32)27(21)41-3/h10-12,15-16H,5-9,13-14H2,1-4H3,(H,37,38)(H,39,40). The SMILES string of the molecule is COc1c(OCCCOc2cc3cc(C(=O)CC(C)C(=O)O)sc3c(F)c2OC)cc2c(c1Cl)CN(C(=O)CC(C)C(=O)O)C2. The largest absolute Gasteiger partial charge is 0.491 e. The van der Waals surface area contributed by atoms with Crippen molar-refractivity contribution in [2.75, 3.05) is 27.4 Å². The van der Waals surface area contributed by atoms with E-state index in [4.69, 9.17) is 40.8 Å². The van der Waals surface area contributed by atoms with Crippen molar-refractivity contribution in [2.24, 2.45) is 11.8 Å². The van der Waals surface area contributed by atoms with Crippen molar-refractivity contribution in [1.82, 2.24) is 4.90 Å². The number of ether oxygens (including phenoxy) is 4. The summed E-state index contributed by atoms with van der Waals surface area (Å²) in [5.41, 5.74) is 1.47. The lowest BCUT2D eigenvalue weighted by Crippen LogP contribution is -2.28. The van der Waals surface area contributed by atoms with Crippen LogP contribution in [0.1, 0.15) is 53.9 Å². The molecule has 2 unspecified atom stereocenters. The number of ketones is 1. The first kappa shape index (κ1) is 33.8. The monoisotopic (exact) mass is 665 g/mol. The number of carboxylic acids is 2. The molecule has 0 radical (unpaired) electrons. The van der Waals surface area contributed by atoms with E-state index in [-0.39, 0.29) is 66.1 Å². The highest BCUT2D eigenvalue weighted by Crippen LogP contribution is 2.44. The van der Waals surface area contributed by atoms with Crippen molar-refractivity contribution in [3.05, 3.63) is 45.0 Å². The number of methoxy groups -OCH3 is 2. The Balaban J connectivity index is 1.40. The number of halogens is 2. The van der Waals surface area contributed by atoms with Crippen LogP contribution in [0.25, 0.3) is 10.1 Å². The second kappa shape index (κ2) is 14.3. The summed E-state index contributed by atoms with van der Waals surface area (Å²) in [5, 5.41) is 19.0. The first-order valence-corrected chi connectivity index (χ1v) is 15.3. The third kappa shape index (κ3) is 7.42. The zero-order valence-corrected chi connectivity index (χ0v) is 26.7. The van der Waals surface area contributed by atoms with Gasteiger partial charge >= 0.3 is 11.9 Å². The van der Waals surface area contributed by atoms with Gasteiger partial charge in [-0.15, -0.1) is 11.3 Å². The van der Waals surface area contributed by atoms with Crippen molar-refractivity contribution in [3.63, 3.8) is 0 Å². The molecule has 2 heterocycles. The third-order valence-electron chi connectivity index (χ3n) is 7.42. The first-order valence-electron chi connectivity index (χ1n) is 14.1. The van der Waals surface area contributed by atoms with E-state index in [1.807, 2.05) is 0 Å². The molecule has 2 atom stereocenters. The van der Waals surface area contributed by atoms with Gasteiger partial charge in [0.05, 0.1) is 53.9 Å². The Bertz CT molecular complexity index is 1640. The van der Waals surface area contributed by atoms with E-state index in [1.165, 1.54) is 34.1 Å². The predicted molar refractivity (Wildman–Crippen MR) is 163 cm³/mol. The quantitative estimate of drug-likeness (QED) is 0.151. The highest BCUT2D eigenvalue weighted by Gasteiger charge is 2.30. The van der Waals surface area contributed by atoms with Crippen LogP contribution in [-0.2, 0) is 27.5 Å². The van der Waals surface area contributed by atoms with Crippen LogP contribution in [0.4, 0.5) is 4.39 Å². The number of thiophene rings is 1. The number of fused-ring (bicyclic) bond motifs is 2. The van der Waals surface area contributed by atoms with Gasteiger partial charge in [0.2, 0.25) is 5.91 Å². The molecule has 242 valence electrons. The average Bonchev–Trinajstić information content (AvgIpc) is 3.62. The van der Waals surface area contributed by atoms with Gasteiger partial charge in [-0.05, 0) is 29.3 Å². The first-order chi connectivity index (χ1) is 21.4. The fraction of sp³-hybridized carbons (Fsp3) is 0.419. The zero-order chi connectivity index (χ0) is 33.0. The van der Waals surface area contributed by atoms with E-state index >= 15 is 4.39 Å². The summed E-state index contributed by atoms with van der Waals surface area (Å²) in [6.07, 6.45) is 0.0482. The minimum Gasteiger partial charge on any atom is -0.491 e. The number of hydrogen-bond donors (Lipinski definition) is 2. The molecule has 0 saturated heterocycles. The summed E-state index contributed by atoms with van der Waals surface area (Å²) in [6, 6.07) is 4.83. The van der Waals surface area contributed by atoms with Crippen molar-refractivity contribution < 1.29 is 52.7 Å². The second-order valence-corrected chi connectivity index (χ2v) is 12.2. The maximum atomic E-state index is 15.3. The van der Waals surface area contributed by atoms with Gasteiger partial charge in [-0.1, -0.05) is 25.4 Å². The Morgan fingerprint density at radius 3 is 2.13 bits per heavy atom. The van der Waals surface area contributed by atoms with Gasteiger partial charge in [-0.2, -0.15) is 0 Å². The van der Waals surface area contributed by atoms with Gasteiger partial charge in [0.15, 0.2) is 34.6 Å². The number of hydrogen-bond acceptors (Lipinski definition) is 9. The van der Waals surface area contributed by atoms with Gasteiger partial charge in [0.25, 0.3) is 0 Å². The van der Waals surface area contributed by atoms with Gasteiger partial charge in [-0.25, -0.2) is 4.39 Å². The molecular weight excluding hydrogens is 633 g/mol. The molecule has 0 spiro atoms. The zero-order valence-electron chi connectivity index (χ0n) is 25.1. The van der Waals surface area contributed by atoms with E-state index < -0.39 is 35.4 Å². The number of nitrogens with zero attached hydrogens (tertiary/aromatic N) is 1. The topological polar surface area (TPSA) is 149 Å². The summed E-state index contributed by atoms with van der Waals surface area (Å²) in [4.78, 5) is 49.3. The molecule has 45 heavy (non-hydrogen) atoms. The summed E-state index contributed by atoms with van der Waals surface area (Å²) in [6.45, 7) is 3.70. The van der Waals surface area contributed by atoms with Crippen LogP contribution in [0.2, 0.25) is 5.02 Å². The second-order valence-electron chi connectivity index (χ2n) is 10.7. The lowest BCUT2D eigenvalue weighted by Gasteiger charge is -2.16. The highest BCUT2D eigenvalue weighted by atomic mass is 35.5. The van der Waals surface area contributed by atoms with Crippen LogP contribution in [0.3, 0.4) is 0 Å². The summed E-state index contributed by atoms with van der Waals surface area (Å²) in [7, 11) is 2.75. The van der Waals surface area contributed by atoms with Crippen molar-refractivity contribution >= 4 is 56.7 Å². The van der Waals surface area contributed by atoms with Gasteiger partial charge < -0.3 is 34.1 Å². The predicted octanol–water partition coefficient (Wildman–Crippen LogP) is 5.81. The van der Waals surface area contributed by atoms with Crippen LogP contribution >= 0.6 is 22.9 Å². The number of carbonyl (C=O) groups is 4. The maximum Gasteiger partial charge on any atom is 0.306 e. The van der Waals surface area contributed by atoms with E-state index in [9.17, 15) is 19.2 Å². The number of carboxylic acid groups (broad SMARTS) is 2. The lowest BCUT2D eigenvalue weighted by molar-refractivity contribution is -0.145. The van der Waals surface area contributed by atoms with Gasteiger partial charge in [0, 0.05) is 37.7 Å². The smallest absolute Gasteiger partial charge is 0.306 e. The number of aliphatic carboxylic acids is 2. The van der Waals surface area contributed by atoms with E-state index in [1.54, 1.807) is 17.0 Å². The van der Waals surface area contributed by atoms with E-state index in [0.717, 1.165) is 16.9 Å². The fourth-order valence-electron chi connectivity index (χ4n) is 4.84. The maximum absolute atomic E-state index is 15.3. The normalized spacial score (nSPS) is 13.7. The molecule has 0 bridgehead atoms. The summed E-state index contributed by atoms with van der Waals surface area (Å²) >= 11 is 7.53. The molecule has 3 aromatic rings. The molecule has 2 aromatic carbocycles. The fourth-order valence-corrected chi connectivity index (χ4v) is 6.21. The molecule has 1 aliphatic heterocycles. The minimum absolute atomic E-state index is 0.118. The van der Waals surface area contributed by atoms with Crippen LogP contribution in [0.15, 0.2) is 18.2 Å². The molecule has 1 aliphatic rings. The molecule has 0 aliphatic carbocycles. The van der Waals surface area contributed by atoms with Gasteiger partial charge in [0.1, 0.15) is 0 Å². The van der Waals surface area contributed by atoms with Crippen LogP contribution in [-0.4, -0.2) is 66.2 Å². The van der Waals surface area contributed by atoms with Gasteiger partial charge in [-0.3, -0.25) is 19.2 Å². The Hall–Kier alpha value is -4.10. The van der Waals surface area contributed by atoms with Crippen molar-refractivity contribution in [3.8, 4) is 23.0 Å². The van der Waals surface area contributed by atoms with E-state index in [0.29, 0.717) is 33.9 Å². The summed E-state index contributed by atoms with van der Waals surface area (Å²) < 4.78 is 38.0. The Labute approximate surface area is 267 Å².